The summed E-state index contributed by atoms with van der Waals surface area (Å²) >= 11 is 3.38. The molecule has 0 unspecified atom stereocenters. The lowest BCUT2D eigenvalue weighted by Crippen LogP contribution is -2.07. The lowest BCUT2D eigenvalue weighted by molar-refractivity contribution is -0.120. The minimum Gasteiger partial charge on any atom is -0.493 e. The number of carbonyl (C=O) groups is 1. The molecule has 0 spiro atoms. The van der Waals surface area contributed by atoms with Crippen molar-refractivity contribution in [1.29, 1.82) is 0 Å². The molecule has 0 aliphatic rings. The smallest absolute Gasteiger partial charge is 0.302 e. The van der Waals surface area contributed by atoms with Gasteiger partial charge < -0.3 is 14.4 Å². The number of hydrogen-bond donors (Lipinski definition) is 1. The highest BCUT2D eigenvalue weighted by molar-refractivity contribution is 9.10. The summed E-state index contributed by atoms with van der Waals surface area (Å²) in [5, 5.41) is 18.4. The first-order valence-electron chi connectivity index (χ1n) is 7.15. The third-order valence-electron chi connectivity index (χ3n) is 3.47. The monoisotopic (exact) mass is 387 g/mol. The zero-order valence-corrected chi connectivity index (χ0v) is 14.4. The Balaban J connectivity index is 1.79. The van der Waals surface area contributed by atoms with E-state index in [4.69, 9.17) is 4.74 Å². The predicted octanol–water partition coefficient (Wildman–Crippen LogP) is 4.34. The number of rotatable bonds is 4. The lowest BCUT2D eigenvalue weighted by atomic mass is 10.2. The van der Waals surface area contributed by atoms with Crippen molar-refractivity contribution in [2.45, 2.75) is 0 Å². The van der Waals surface area contributed by atoms with Crippen molar-refractivity contribution in [3.8, 4) is 11.6 Å². The van der Waals surface area contributed by atoms with Gasteiger partial charge in [-0.25, -0.2) is 0 Å². The Kier molecular flexibility index (Phi) is 4.61. The number of ether oxygens (including phenoxy) is 1. The van der Waals surface area contributed by atoms with E-state index in [2.05, 4.69) is 26.2 Å². The molecule has 3 aromatic rings. The molecular weight excluding hydrogens is 374 g/mol. The van der Waals surface area contributed by atoms with E-state index in [1.54, 1.807) is 23.7 Å². The average molecular weight is 388 g/mol. The van der Waals surface area contributed by atoms with Gasteiger partial charge in [-0.3, -0.25) is 4.79 Å². The Morgan fingerprint density at radius 1 is 1.25 bits per heavy atom. The summed E-state index contributed by atoms with van der Waals surface area (Å²) in [5.74, 6) is -0.00753. The van der Waals surface area contributed by atoms with Crippen LogP contribution in [0, 0.1) is 0 Å². The van der Waals surface area contributed by atoms with Crippen LogP contribution in [0.4, 0.5) is 5.69 Å². The van der Waals surface area contributed by atoms with Gasteiger partial charge in [0.2, 0.25) is 5.88 Å². The number of azo groups is 1. The number of hydrogen-bond acceptors (Lipinski definition) is 4. The maximum Gasteiger partial charge on any atom is 0.302 e. The summed E-state index contributed by atoms with van der Waals surface area (Å²) in [5.41, 5.74) is 1.04. The van der Waals surface area contributed by atoms with Crippen LogP contribution in [0.1, 0.15) is 0 Å². The molecule has 1 N–H and O–H groups in total. The van der Waals surface area contributed by atoms with E-state index in [9.17, 15) is 9.90 Å². The second kappa shape index (κ2) is 6.84. The molecule has 0 aliphatic carbocycles. The Morgan fingerprint density at radius 2 is 2.00 bits per heavy atom. The van der Waals surface area contributed by atoms with Crippen LogP contribution in [-0.4, -0.2) is 22.2 Å². The molecule has 1 heterocycles. The molecule has 2 aromatic carbocycles. The summed E-state index contributed by atoms with van der Waals surface area (Å²) in [6, 6.07) is 14.5. The fourth-order valence-corrected chi connectivity index (χ4v) is 2.64. The maximum absolute atomic E-state index is 11.8. The summed E-state index contributed by atoms with van der Waals surface area (Å²) in [6.07, 6.45) is 0. The largest absolute Gasteiger partial charge is 0.493 e. The van der Waals surface area contributed by atoms with Gasteiger partial charge in [0, 0.05) is 16.9 Å². The highest BCUT2D eigenvalue weighted by Crippen LogP contribution is 2.39. The first kappa shape index (κ1) is 16.2. The Labute approximate surface area is 146 Å². The summed E-state index contributed by atoms with van der Waals surface area (Å²) < 4.78 is 7.75. The van der Waals surface area contributed by atoms with Crippen molar-refractivity contribution in [2.24, 2.45) is 17.3 Å². The van der Waals surface area contributed by atoms with Crippen LogP contribution >= 0.6 is 15.9 Å². The predicted molar refractivity (Wildman–Crippen MR) is 93.7 cm³/mol. The fraction of sp³-hybridized carbons (Fsp3) is 0.118. The second-order valence-electron chi connectivity index (χ2n) is 5.09. The zero-order chi connectivity index (χ0) is 17.1. The molecule has 1 aromatic heterocycles. The molecule has 122 valence electrons. The van der Waals surface area contributed by atoms with Gasteiger partial charge in [0.25, 0.3) is 0 Å². The van der Waals surface area contributed by atoms with Crippen LogP contribution in [0.3, 0.4) is 0 Å². The number of nitrogens with zero attached hydrogens (tertiary/aromatic N) is 3. The minimum atomic E-state index is -0.537. The number of aromatic hydroxyl groups is 1. The standard InChI is InChI=1S/C17H14BrN3O3/c1-21-14-8-7-11(18)9-13(14)16(17(21)23)20-19-15(22)10-24-12-5-3-2-4-6-12/h2-9,23H,10H2,1H3. The molecular formula is C17H14BrN3O3. The molecule has 0 radical (unpaired) electrons. The molecule has 7 heteroatoms. The van der Waals surface area contributed by atoms with E-state index < -0.39 is 5.91 Å². The highest BCUT2D eigenvalue weighted by Gasteiger charge is 2.15. The van der Waals surface area contributed by atoms with E-state index >= 15 is 0 Å². The van der Waals surface area contributed by atoms with Crippen LogP contribution in [-0.2, 0) is 11.8 Å². The SMILES string of the molecule is Cn1c(O)c(N=NC(=O)COc2ccccc2)c2cc(Br)ccc21. The topological polar surface area (TPSA) is 76.2 Å². The highest BCUT2D eigenvalue weighted by atomic mass is 79.9. The average Bonchev–Trinajstić information content (AvgIpc) is 2.82. The summed E-state index contributed by atoms with van der Waals surface area (Å²) in [6.45, 7) is -0.220. The number of amides is 1. The Hall–Kier alpha value is -2.67. The van der Waals surface area contributed by atoms with Crippen molar-refractivity contribution in [1.82, 2.24) is 4.57 Å². The van der Waals surface area contributed by atoms with Crippen molar-refractivity contribution in [3.63, 3.8) is 0 Å². The molecule has 0 saturated heterocycles. The van der Waals surface area contributed by atoms with E-state index in [1.165, 1.54) is 0 Å². The normalized spacial score (nSPS) is 11.2. The molecule has 1 amide bonds. The lowest BCUT2D eigenvalue weighted by Gasteiger charge is -2.01. The van der Waals surface area contributed by atoms with Crippen LogP contribution in [0.5, 0.6) is 11.6 Å². The number of fused-ring (bicyclic) bond motifs is 1. The first-order chi connectivity index (χ1) is 11.6. The third kappa shape index (κ3) is 3.30. The molecule has 0 aliphatic heterocycles. The molecule has 24 heavy (non-hydrogen) atoms. The number of para-hydroxylation sites is 1. The minimum absolute atomic E-state index is 0.0522. The van der Waals surface area contributed by atoms with Crippen molar-refractivity contribution >= 4 is 38.4 Å². The molecule has 0 atom stereocenters. The van der Waals surface area contributed by atoms with Gasteiger partial charge in [0.1, 0.15) is 5.75 Å². The third-order valence-corrected chi connectivity index (χ3v) is 3.96. The molecule has 0 bridgehead atoms. The first-order valence-corrected chi connectivity index (χ1v) is 7.95. The second-order valence-corrected chi connectivity index (χ2v) is 6.00. The summed E-state index contributed by atoms with van der Waals surface area (Å²) in [7, 11) is 1.71. The van der Waals surface area contributed by atoms with Gasteiger partial charge in [0.15, 0.2) is 12.3 Å². The number of halogens is 1. The Bertz CT molecular complexity index is 920. The van der Waals surface area contributed by atoms with E-state index in [0.29, 0.717) is 11.1 Å². The fourth-order valence-electron chi connectivity index (χ4n) is 2.28. The van der Waals surface area contributed by atoms with Crippen LogP contribution in [0.2, 0.25) is 0 Å². The van der Waals surface area contributed by atoms with Gasteiger partial charge in [-0.1, -0.05) is 34.1 Å². The molecule has 0 fully saturated rings. The van der Waals surface area contributed by atoms with E-state index in [-0.39, 0.29) is 18.2 Å². The van der Waals surface area contributed by atoms with Gasteiger partial charge in [-0.05, 0) is 30.3 Å². The van der Waals surface area contributed by atoms with E-state index in [1.807, 2.05) is 36.4 Å². The maximum atomic E-state index is 11.8. The van der Waals surface area contributed by atoms with Crippen LogP contribution in [0.15, 0.2) is 63.2 Å². The summed E-state index contributed by atoms with van der Waals surface area (Å²) in [4.78, 5) is 11.8. The zero-order valence-electron chi connectivity index (χ0n) is 12.8. The van der Waals surface area contributed by atoms with Gasteiger partial charge in [-0.15, -0.1) is 10.2 Å². The van der Waals surface area contributed by atoms with Crippen LogP contribution < -0.4 is 4.74 Å². The number of aromatic nitrogens is 1. The molecule has 6 nitrogen and oxygen atoms in total. The van der Waals surface area contributed by atoms with Crippen molar-refractivity contribution in [2.75, 3.05) is 6.61 Å². The van der Waals surface area contributed by atoms with Crippen LogP contribution in [0.25, 0.3) is 10.9 Å². The van der Waals surface area contributed by atoms with Gasteiger partial charge >= 0.3 is 5.91 Å². The quantitative estimate of drug-likeness (QED) is 0.676. The van der Waals surface area contributed by atoms with Gasteiger partial charge in [-0.2, -0.15) is 0 Å². The number of benzene rings is 2. The molecule has 0 saturated carbocycles. The van der Waals surface area contributed by atoms with E-state index in [0.717, 1.165) is 9.99 Å². The van der Waals surface area contributed by atoms with Crippen molar-refractivity contribution < 1.29 is 14.6 Å². The van der Waals surface area contributed by atoms with Crippen molar-refractivity contribution in [3.05, 3.63) is 53.0 Å². The Morgan fingerprint density at radius 3 is 2.75 bits per heavy atom. The number of aryl methyl sites for hydroxylation is 1. The molecule has 3 rings (SSSR count). The number of carbonyl (C=O) groups excluding carboxylic acids is 1. The van der Waals surface area contributed by atoms with Gasteiger partial charge in [0.05, 0.1) is 5.52 Å².